The van der Waals surface area contributed by atoms with Gasteiger partial charge in [-0.05, 0) is 24.6 Å². The van der Waals surface area contributed by atoms with Gasteiger partial charge in [-0.1, -0.05) is 37.5 Å². The summed E-state index contributed by atoms with van der Waals surface area (Å²) in [4.78, 5) is 3.37. The van der Waals surface area contributed by atoms with E-state index >= 15 is 0 Å². The van der Waals surface area contributed by atoms with Gasteiger partial charge in [0.1, 0.15) is 0 Å². The highest BCUT2D eigenvalue weighted by molar-refractivity contribution is 5.85. The smallest absolute Gasteiger partial charge is 0.205 e. The van der Waals surface area contributed by atoms with E-state index in [1.807, 2.05) is 6.92 Å². The molecular weight excluding hydrogens is 177 g/mol. The third-order valence-corrected chi connectivity index (χ3v) is 1.34. The van der Waals surface area contributed by atoms with Crippen molar-refractivity contribution >= 4 is 6.21 Å². The lowest BCUT2D eigenvalue weighted by Gasteiger charge is -1.97. The number of allylic oxidation sites excluding steroid dienone is 5. The molecule has 74 valence electrons. The van der Waals surface area contributed by atoms with Gasteiger partial charge in [0, 0.05) is 6.21 Å². The normalized spacial score (nSPS) is 10.7. The average molecular weight is 191 g/mol. The maximum Gasteiger partial charge on any atom is 0.205 e. The minimum Gasteiger partial charge on any atom is -0.228 e. The molecule has 0 amide bonds. The van der Waals surface area contributed by atoms with Crippen molar-refractivity contribution in [1.29, 1.82) is 0 Å². The molecule has 14 heavy (non-hydrogen) atoms. The van der Waals surface area contributed by atoms with Gasteiger partial charge >= 0.3 is 0 Å². The first-order valence-electron chi connectivity index (χ1n) is 4.03. The predicted octanol–water partition coefficient (Wildman–Crippen LogP) is 3.74. The van der Waals surface area contributed by atoms with E-state index in [9.17, 15) is 4.39 Å². The van der Waals surface area contributed by atoms with Gasteiger partial charge in [-0.3, -0.25) is 0 Å². The summed E-state index contributed by atoms with van der Waals surface area (Å²) in [6.07, 6.45) is 4.83. The van der Waals surface area contributed by atoms with Gasteiger partial charge in [0.2, 0.25) is 5.95 Å². The van der Waals surface area contributed by atoms with E-state index in [0.717, 1.165) is 5.57 Å². The van der Waals surface area contributed by atoms with Crippen molar-refractivity contribution in [2.24, 2.45) is 4.99 Å². The maximum atomic E-state index is 12.1. The summed E-state index contributed by atoms with van der Waals surface area (Å²) in [6, 6.07) is 0. The highest BCUT2D eigenvalue weighted by Gasteiger charge is 1.92. The molecule has 0 radical (unpaired) electrons. The van der Waals surface area contributed by atoms with Crippen molar-refractivity contribution in [3.63, 3.8) is 0 Å². The van der Waals surface area contributed by atoms with E-state index in [1.54, 1.807) is 12.2 Å². The summed E-state index contributed by atoms with van der Waals surface area (Å²) >= 11 is 0. The molecular formula is C12H14FN. The second kappa shape index (κ2) is 5.86. The minimum atomic E-state index is -0.747. The van der Waals surface area contributed by atoms with Gasteiger partial charge in [0.05, 0.1) is 0 Å². The van der Waals surface area contributed by atoms with Crippen molar-refractivity contribution < 1.29 is 4.39 Å². The van der Waals surface area contributed by atoms with Crippen LogP contribution in [0.1, 0.15) is 6.92 Å². The Bertz CT molecular complexity index is 298. The Morgan fingerprint density at radius 3 is 2.07 bits per heavy atom. The number of aliphatic imine (C=N–C) groups is 1. The van der Waals surface area contributed by atoms with Crippen LogP contribution in [0.4, 0.5) is 4.39 Å². The van der Waals surface area contributed by atoms with Gasteiger partial charge in [-0.2, -0.15) is 4.39 Å². The highest BCUT2D eigenvalue weighted by atomic mass is 19.1. The van der Waals surface area contributed by atoms with Gasteiger partial charge < -0.3 is 0 Å². The van der Waals surface area contributed by atoms with Crippen molar-refractivity contribution in [2.45, 2.75) is 6.92 Å². The summed E-state index contributed by atoms with van der Waals surface area (Å²) in [5.74, 6) is -0.747. The van der Waals surface area contributed by atoms with Crippen LogP contribution < -0.4 is 0 Å². The molecule has 0 rings (SSSR count). The Balaban J connectivity index is 4.35. The zero-order chi connectivity index (χ0) is 11.1. The summed E-state index contributed by atoms with van der Waals surface area (Å²) in [6.45, 7) is 16.0. The number of nitrogens with zero attached hydrogens (tertiary/aromatic N) is 1. The zero-order valence-electron chi connectivity index (χ0n) is 8.39. The molecule has 0 atom stereocenters. The second-order valence-corrected chi connectivity index (χ2v) is 2.86. The van der Waals surface area contributed by atoms with Crippen molar-refractivity contribution in [3.05, 3.63) is 61.1 Å². The van der Waals surface area contributed by atoms with Crippen molar-refractivity contribution in [2.75, 3.05) is 0 Å². The molecule has 0 aromatic rings. The standard InChI is InChI=1S/C12H14FN/c1-9(2)6-7-10(3)11(4)8-14-12(5)13/h6-8H,1,3-5H2,2H3/b7-6-,14-8-. The molecule has 0 bridgehead atoms. The van der Waals surface area contributed by atoms with E-state index in [1.165, 1.54) is 6.21 Å². The van der Waals surface area contributed by atoms with Gasteiger partial charge in [0.15, 0.2) is 0 Å². The average Bonchev–Trinajstić information content (AvgIpc) is 2.09. The molecule has 0 heterocycles. The Labute approximate surface area is 84.4 Å². The van der Waals surface area contributed by atoms with Crippen LogP contribution in [0.2, 0.25) is 0 Å². The maximum absolute atomic E-state index is 12.1. The summed E-state index contributed by atoms with van der Waals surface area (Å²) in [5, 5.41) is 0. The molecule has 1 nitrogen and oxygen atoms in total. The summed E-state index contributed by atoms with van der Waals surface area (Å²) in [7, 11) is 0. The monoisotopic (exact) mass is 191 g/mol. The molecule has 0 aromatic heterocycles. The molecule has 0 aliphatic rings. The molecule has 2 heteroatoms. The van der Waals surface area contributed by atoms with Gasteiger partial charge in [-0.25, -0.2) is 4.99 Å². The molecule has 0 saturated heterocycles. The molecule has 0 aliphatic heterocycles. The van der Waals surface area contributed by atoms with E-state index in [2.05, 4.69) is 31.3 Å². The lowest BCUT2D eigenvalue weighted by atomic mass is 10.1. The SMILES string of the molecule is C=C(C)/C=C\C(=C)C(=C)/C=N\C(=C)F. The highest BCUT2D eigenvalue weighted by Crippen LogP contribution is 2.06. The first kappa shape index (κ1) is 12.3. The third-order valence-electron chi connectivity index (χ3n) is 1.34. The zero-order valence-corrected chi connectivity index (χ0v) is 8.39. The van der Waals surface area contributed by atoms with Crippen LogP contribution in [0.25, 0.3) is 0 Å². The lowest BCUT2D eigenvalue weighted by molar-refractivity contribution is 0.634. The quantitative estimate of drug-likeness (QED) is 0.356. The van der Waals surface area contributed by atoms with E-state index < -0.39 is 5.95 Å². The largest absolute Gasteiger partial charge is 0.228 e. The molecule has 0 unspecified atom stereocenters. The summed E-state index contributed by atoms with van der Waals surface area (Å²) in [5.41, 5.74) is 2.12. The number of hydrogen-bond acceptors (Lipinski definition) is 1. The van der Waals surface area contributed by atoms with Crippen LogP contribution in [0, 0.1) is 0 Å². The van der Waals surface area contributed by atoms with Crippen molar-refractivity contribution in [3.8, 4) is 0 Å². The molecule has 0 aromatic carbocycles. The molecule has 0 N–H and O–H groups in total. The number of hydrogen-bond donors (Lipinski definition) is 0. The van der Waals surface area contributed by atoms with Crippen LogP contribution in [0.15, 0.2) is 66.1 Å². The van der Waals surface area contributed by atoms with Crippen LogP contribution in [-0.4, -0.2) is 6.21 Å². The molecule has 0 fully saturated rings. The molecule has 0 spiro atoms. The lowest BCUT2D eigenvalue weighted by Crippen LogP contribution is -1.84. The minimum absolute atomic E-state index is 0.543. The van der Waals surface area contributed by atoms with Crippen LogP contribution in [0.3, 0.4) is 0 Å². The Kier molecular flexibility index (Phi) is 5.15. The number of rotatable bonds is 5. The fourth-order valence-electron chi connectivity index (χ4n) is 0.581. The third kappa shape index (κ3) is 5.89. The van der Waals surface area contributed by atoms with Crippen LogP contribution in [0.5, 0.6) is 0 Å². The van der Waals surface area contributed by atoms with E-state index in [-0.39, 0.29) is 0 Å². The molecule has 0 saturated carbocycles. The van der Waals surface area contributed by atoms with Crippen molar-refractivity contribution in [1.82, 2.24) is 0 Å². The second-order valence-electron chi connectivity index (χ2n) is 2.86. The van der Waals surface area contributed by atoms with Gasteiger partial charge in [0.25, 0.3) is 0 Å². The van der Waals surface area contributed by atoms with E-state index in [4.69, 9.17) is 0 Å². The Morgan fingerprint density at radius 1 is 1.07 bits per heavy atom. The Hall–Kier alpha value is -1.70. The van der Waals surface area contributed by atoms with Crippen LogP contribution >= 0.6 is 0 Å². The van der Waals surface area contributed by atoms with E-state index in [0.29, 0.717) is 11.1 Å². The molecule has 0 aliphatic carbocycles. The topological polar surface area (TPSA) is 12.4 Å². The Morgan fingerprint density at radius 2 is 1.64 bits per heavy atom. The number of halogens is 1. The van der Waals surface area contributed by atoms with Gasteiger partial charge in [-0.15, -0.1) is 0 Å². The fraction of sp³-hybridized carbons (Fsp3) is 0.0833. The predicted molar refractivity (Wildman–Crippen MR) is 61.0 cm³/mol. The van der Waals surface area contributed by atoms with Crippen LogP contribution in [-0.2, 0) is 0 Å². The summed E-state index contributed by atoms with van der Waals surface area (Å²) < 4.78 is 12.1. The first-order valence-corrected chi connectivity index (χ1v) is 4.03. The first-order chi connectivity index (χ1) is 6.43. The fourth-order valence-corrected chi connectivity index (χ4v) is 0.581.